The third-order valence-corrected chi connectivity index (χ3v) is 4.25. The molecule has 1 N–H and O–H groups in total. The van der Waals surface area contributed by atoms with Gasteiger partial charge in [0.2, 0.25) is 5.91 Å². The third kappa shape index (κ3) is 3.35. The van der Waals surface area contributed by atoms with Crippen LogP contribution in [0.5, 0.6) is 0 Å². The van der Waals surface area contributed by atoms with Gasteiger partial charge in [-0.05, 0) is 39.8 Å². The lowest BCUT2D eigenvalue weighted by molar-refractivity contribution is -0.132. The van der Waals surface area contributed by atoms with Crippen molar-refractivity contribution in [1.29, 1.82) is 0 Å². The highest BCUT2D eigenvalue weighted by molar-refractivity contribution is 7.12. The average Bonchev–Trinajstić information content (AvgIpc) is 2.87. The number of nitrogens with one attached hydrogen (secondary N) is 1. The second-order valence-corrected chi connectivity index (χ2v) is 6.77. The molecule has 1 amide bonds. The number of carbonyl (C=O) groups excluding carboxylic acids is 1. The van der Waals surface area contributed by atoms with Crippen molar-refractivity contribution in [1.82, 2.24) is 10.2 Å². The van der Waals surface area contributed by atoms with E-state index >= 15 is 0 Å². The van der Waals surface area contributed by atoms with E-state index in [1.54, 1.807) is 11.3 Å². The quantitative estimate of drug-likeness (QED) is 0.901. The van der Waals surface area contributed by atoms with E-state index in [0.717, 1.165) is 0 Å². The van der Waals surface area contributed by atoms with Crippen LogP contribution < -0.4 is 5.32 Å². The first-order chi connectivity index (χ1) is 8.93. The SMILES string of the molecule is CCOC(C)(C)CN1C(=O)CNC1c1ccc(C)s1. The zero-order chi connectivity index (χ0) is 14.0. The maximum atomic E-state index is 12.1. The molecule has 2 rings (SSSR count). The summed E-state index contributed by atoms with van der Waals surface area (Å²) in [5.74, 6) is 0.142. The number of hydrogen-bond acceptors (Lipinski definition) is 4. The first kappa shape index (κ1) is 14.5. The molecule has 1 aromatic rings. The Morgan fingerprint density at radius 2 is 2.26 bits per heavy atom. The summed E-state index contributed by atoms with van der Waals surface area (Å²) in [7, 11) is 0. The van der Waals surface area contributed by atoms with Crippen LogP contribution in [0, 0.1) is 6.92 Å². The molecule has 1 aliphatic rings. The zero-order valence-corrected chi connectivity index (χ0v) is 12.8. The summed E-state index contributed by atoms with van der Waals surface area (Å²) in [4.78, 5) is 16.4. The van der Waals surface area contributed by atoms with E-state index in [9.17, 15) is 4.79 Å². The van der Waals surface area contributed by atoms with E-state index in [1.807, 2.05) is 25.7 Å². The number of hydrogen-bond donors (Lipinski definition) is 1. The predicted molar refractivity (Wildman–Crippen MR) is 77.2 cm³/mol. The van der Waals surface area contributed by atoms with Crippen molar-refractivity contribution >= 4 is 17.2 Å². The van der Waals surface area contributed by atoms with Gasteiger partial charge < -0.3 is 9.64 Å². The molecule has 0 radical (unpaired) electrons. The van der Waals surface area contributed by atoms with Crippen molar-refractivity contribution in [2.45, 2.75) is 39.5 Å². The minimum Gasteiger partial charge on any atom is -0.374 e. The lowest BCUT2D eigenvalue weighted by atomic mass is 10.1. The van der Waals surface area contributed by atoms with E-state index in [1.165, 1.54) is 9.75 Å². The minimum atomic E-state index is -0.318. The molecular formula is C14H22N2O2S. The number of aryl methyl sites for hydroxylation is 1. The van der Waals surface area contributed by atoms with Gasteiger partial charge in [-0.3, -0.25) is 10.1 Å². The molecule has 1 aromatic heterocycles. The number of nitrogens with zero attached hydrogens (tertiary/aromatic N) is 1. The summed E-state index contributed by atoms with van der Waals surface area (Å²) in [6, 6.07) is 4.19. The smallest absolute Gasteiger partial charge is 0.238 e. The lowest BCUT2D eigenvalue weighted by Gasteiger charge is -2.33. The van der Waals surface area contributed by atoms with Crippen molar-refractivity contribution in [2.24, 2.45) is 0 Å². The summed E-state index contributed by atoms with van der Waals surface area (Å²) in [6.45, 7) is 9.78. The van der Waals surface area contributed by atoms with E-state index in [-0.39, 0.29) is 17.7 Å². The van der Waals surface area contributed by atoms with Crippen molar-refractivity contribution in [3.8, 4) is 0 Å². The lowest BCUT2D eigenvalue weighted by Crippen LogP contribution is -2.43. The number of carbonyl (C=O) groups is 1. The maximum Gasteiger partial charge on any atom is 0.238 e. The number of rotatable bonds is 5. The van der Waals surface area contributed by atoms with Crippen LogP contribution in [-0.2, 0) is 9.53 Å². The molecule has 0 saturated carbocycles. The van der Waals surface area contributed by atoms with Gasteiger partial charge in [0.05, 0.1) is 18.7 Å². The molecule has 0 spiro atoms. The molecule has 0 aliphatic carbocycles. The summed E-state index contributed by atoms with van der Waals surface area (Å²) in [6.07, 6.45) is -0.00840. The van der Waals surface area contributed by atoms with Crippen molar-refractivity contribution in [2.75, 3.05) is 19.7 Å². The molecule has 1 atom stereocenters. The molecule has 4 nitrogen and oxygen atoms in total. The minimum absolute atomic E-state index is 0.00840. The van der Waals surface area contributed by atoms with Gasteiger partial charge in [-0.1, -0.05) is 0 Å². The monoisotopic (exact) mass is 282 g/mol. The molecule has 0 aromatic carbocycles. The Labute approximate surface area is 118 Å². The van der Waals surface area contributed by atoms with Gasteiger partial charge in [-0.25, -0.2) is 0 Å². The van der Waals surface area contributed by atoms with Crippen LogP contribution in [0.4, 0.5) is 0 Å². The van der Waals surface area contributed by atoms with Crippen LogP contribution in [0.15, 0.2) is 12.1 Å². The molecule has 0 bridgehead atoms. The molecule has 1 saturated heterocycles. The molecular weight excluding hydrogens is 260 g/mol. The fraction of sp³-hybridized carbons (Fsp3) is 0.643. The first-order valence-electron chi connectivity index (χ1n) is 6.66. The van der Waals surface area contributed by atoms with Crippen LogP contribution in [-0.4, -0.2) is 36.1 Å². The highest BCUT2D eigenvalue weighted by atomic mass is 32.1. The van der Waals surface area contributed by atoms with Gasteiger partial charge >= 0.3 is 0 Å². The average molecular weight is 282 g/mol. The summed E-state index contributed by atoms with van der Waals surface area (Å²) < 4.78 is 5.71. The molecule has 19 heavy (non-hydrogen) atoms. The summed E-state index contributed by atoms with van der Waals surface area (Å²) in [5.41, 5.74) is -0.318. The Bertz CT molecular complexity index is 456. The molecule has 106 valence electrons. The van der Waals surface area contributed by atoms with E-state index in [0.29, 0.717) is 19.7 Å². The van der Waals surface area contributed by atoms with Gasteiger partial charge in [0.25, 0.3) is 0 Å². The molecule has 1 fully saturated rings. The Kier molecular flexibility index (Phi) is 4.28. The molecule has 1 unspecified atom stereocenters. The van der Waals surface area contributed by atoms with Gasteiger partial charge in [0.1, 0.15) is 6.17 Å². The predicted octanol–water partition coefficient (Wildman–Crippen LogP) is 2.30. The van der Waals surface area contributed by atoms with Gasteiger partial charge in [-0.2, -0.15) is 0 Å². The Hall–Kier alpha value is -0.910. The fourth-order valence-corrected chi connectivity index (χ4v) is 3.39. The van der Waals surface area contributed by atoms with Crippen LogP contribution in [0.25, 0.3) is 0 Å². The van der Waals surface area contributed by atoms with Crippen molar-refractivity contribution in [3.05, 3.63) is 21.9 Å². The summed E-state index contributed by atoms with van der Waals surface area (Å²) in [5, 5.41) is 3.28. The van der Waals surface area contributed by atoms with Crippen molar-refractivity contribution in [3.63, 3.8) is 0 Å². The van der Waals surface area contributed by atoms with Gasteiger partial charge in [0, 0.05) is 16.4 Å². The third-order valence-electron chi connectivity index (χ3n) is 3.20. The normalized spacial score (nSPS) is 20.3. The Balaban J connectivity index is 2.14. The Morgan fingerprint density at radius 1 is 1.53 bits per heavy atom. The zero-order valence-electron chi connectivity index (χ0n) is 12.0. The number of ether oxygens (including phenoxy) is 1. The fourth-order valence-electron chi connectivity index (χ4n) is 2.42. The second kappa shape index (κ2) is 5.61. The highest BCUT2D eigenvalue weighted by Gasteiger charge is 2.36. The first-order valence-corrected chi connectivity index (χ1v) is 7.48. The van der Waals surface area contributed by atoms with Crippen LogP contribution in [0.2, 0.25) is 0 Å². The Morgan fingerprint density at radius 3 is 2.84 bits per heavy atom. The van der Waals surface area contributed by atoms with Crippen LogP contribution in [0.3, 0.4) is 0 Å². The van der Waals surface area contributed by atoms with E-state index in [4.69, 9.17) is 4.74 Å². The number of thiophene rings is 1. The second-order valence-electron chi connectivity index (χ2n) is 5.45. The number of amides is 1. The maximum absolute atomic E-state index is 12.1. The summed E-state index contributed by atoms with van der Waals surface area (Å²) >= 11 is 1.73. The van der Waals surface area contributed by atoms with E-state index in [2.05, 4.69) is 24.4 Å². The van der Waals surface area contributed by atoms with Crippen LogP contribution >= 0.6 is 11.3 Å². The largest absolute Gasteiger partial charge is 0.374 e. The van der Waals surface area contributed by atoms with Gasteiger partial charge in [0.15, 0.2) is 0 Å². The van der Waals surface area contributed by atoms with Crippen LogP contribution in [0.1, 0.15) is 36.7 Å². The van der Waals surface area contributed by atoms with Gasteiger partial charge in [-0.15, -0.1) is 11.3 Å². The van der Waals surface area contributed by atoms with E-state index < -0.39 is 0 Å². The molecule has 5 heteroatoms. The van der Waals surface area contributed by atoms with Crippen molar-refractivity contribution < 1.29 is 9.53 Å². The standard InChI is InChI=1S/C14H22N2O2S/c1-5-18-14(3,4)9-16-12(17)8-15-13(16)11-7-6-10(2)19-11/h6-7,13,15H,5,8-9H2,1-4H3. The topological polar surface area (TPSA) is 41.6 Å². The molecule has 1 aliphatic heterocycles. The molecule has 2 heterocycles. The highest BCUT2D eigenvalue weighted by Crippen LogP contribution is 2.30.